The standard InChI is InChI=1S/C18H22N4O3/c1-13-9-10-17(21-20-13)25-14-6-5-11-22(12-14)18(23)19-15-7-3-4-8-16(15)24-2/h3-4,7-10,14H,5-6,11-12H2,1-2H3,(H,19,23). The molecule has 1 aliphatic heterocycles. The number of para-hydroxylation sites is 2. The number of nitrogens with zero attached hydrogens (tertiary/aromatic N) is 3. The number of carbonyl (C=O) groups is 1. The second kappa shape index (κ2) is 7.83. The van der Waals surface area contributed by atoms with Crippen LogP contribution in [0.5, 0.6) is 11.6 Å². The van der Waals surface area contributed by atoms with Gasteiger partial charge in [-0.15, -0.1) is 5.10 Å². The lowest BCUT2D eigenvalue weighted by Gasteiger charge is -2.32. The summed E-state index contributed by atoms with van der Waals surface area (Å²) in [5.74, 6) is 1.12. The molecule has 25 heavy (non-hydrogen) atoms. The third-order valence-electron chi connectivity index (χ3n) is 4.07. The summed E-state index contributed by atoms with van der Waals surface area (Å²) in [5.41, 5.74) is 1.50. The topological polar surface area (TPSA) is 76.6 Å². The first-order chi connectivity index (χ1) is 12.2. The summed E-state index contributed by atoms with van der Waals surface area (Å²) in [7, 11) is 1.58. The van der Waals surface area contributed by atoms with Crippen molar-refractivity contribution in [1.29, 1.82) is 0 Å². The number of benzene rings is 1. The molecule has 1 atom stereocenters. The van der Waals surface area contributed by atoms with Crippen molar-refractivity contribution in [3.63, 3.8) is 0 Å². The number of carbonyl (C=O) groups excluding carboxylic acids is 1. The summed E-state index contributed by atoms with van der Waals surface area (Å²) < 4.78 is 11.1. The van der Waals surface area contributed by atoms with Crippen LogP contribution in [0.4, 0.5) is 10.5 Å². The van der Waals surface area contributed by atoms with Gasteiger partial charge in [0.05, 0.1) is 25.0 Å². The highest BCUT2D eigenvalue weighted by Gasteiger charge is 2.25. The first kappa shape index (κ1) is 17.0. The SMILES string of the molecule is COc1ccccc1NC(=O)N1CCCC(Oc2ccc(C)nn2)C1. The Hall–Kier alpha value is -2.83. The quantitative estimate of drug-likeness (QED) is 0.924. The number of hydrogen-bond acceptors (Lipinski definition) is 5. The Labute approximate surface area is 147 Å². The number of anilines is 1. The molecule has 0 radical (unpaired) electrons. The predicted molar refractivity (Wildman–Crippen MR) is 94.0 cm³/mol. The minimum atomic E-state index is -0.159. The van der Waals surface area contributed by atoms with E-state index >= 15 is 0 Å². The summed E-state index contributed by atoms with van der Waals surface area (Å²) in [6, 6.07) is 10.9. The maximum atomic E-state index is 12.6. The molecule has 1 saturated heterocycles. The molecule has 2 aromatic rings. The van der Waals surface area contributed by atoms with Crippen molar-refractivity contribution in [2.24, 2.45) is 0 Å². The molecule has 2 heterocycles. The minimum absolute atomic E-state index is 0.0887. The molecule has 0 aliphatic carbocycles. The summed E-state index contributed by atoms with van der Waals surface area (Å²) in [4.78, 5) is 14.3. The number of rotatable bonds is 4. The molecular formula is C18H22N4O3. The fourth-order valence-electron chi connectivity index (χ4n) is 2.78. The van der Waals surface area contributed by atoms with Crippen LogP contribution in [-0.2, 0) is 0 Å². The van der Waals surface area contributed by atoms with E-state index in [1.807, 2.05) is 37.3 Å². The zero-order chi connectivity index (χ0) is 17.6. The summed E-state index contributed by atoms with van der Waals surface area (Å²) in [5, 5.41) is 10.9. The van der Waals surface area contributed by atoms with Crippen LogP contribution in [-0.4, -0.2) is 47.4 Å². The second-order valence-corrected chi connectivity index (χ2v) is 5.97. The van der Waals surface area contributed by atoms with Crippen LogP contribution in [0.1, 0.15) is 18.5 Å². The van der Waals surface area contributed by atoms with Crippen LogP contribution >= 0.6 is 0 Å². The van der Waals surface area contributed by atoms with Crippen molar-refractivity contribution in [3.8, 4) is 11.6 Å². The zero-order valence-corrected chi connectivity index (χ0v) is 14.4. The number of amides is 2. The fourth-order valence-corrected chi connectivity index (χ4v) is 2.78. The lowest BCUT2D eigenvalue weighted by atomic mass is 10.1. The Morgan fingerprint density at radius 2 is 2.08 bits per heavy atom. The third-order valence-corrected chi connectivity index (χ3v) is 4.07. The largest absolute Gasteiger partial charge is 0.495 e. The molecule has 0 spiro atoms. The fraction of sp³-hybridized carbons (Fsp3) is 0.389. The van der Waals surface area contributed by atoms with Gasteiger partial charge in [0, 0.05) is 12.6 Å². The number of likely N-dealkylation sites (tertiary alicyclic amines) is 1. The van der Waals surface area contributed by atoms with E-state index in [4.69, 9.17) is 9.47 Å². The number of urea groups is 1. The van der Waals surface area contributed by atoms with E-state index in [1.54, 1.807) is 18.1 Å². The van der Waals surface area contributed by atoms with Crippen LogP contribution in [0, 0.1) is 6.92 Å². The third kappa shape index (κ3) is 4.37. The van der Waals surface area contributed by atoms with E-state index in [0.29, 0.717) is 30.4 Å². The Bertz CT molecular complexity index is 721. The van der Waals surface area contributed by atoms with Crippen molar-refractivity contribution >= 4 is 11.7 Å². The molecule has 1 aromatic carbocycles. The normalized spacial score (nSPS) is 17.0. The Kier molecular flexibility index (Phi) is 5.33. The number of ether oxygens (including phenoxy) is 2. The molecular weight excluding hydrogens is 320 g/mol. The van der Waals surface area contributed by atoms with Gasteiger partial charge in [0.15, 0.2) is 0 Å². The molecule has 7 nitrogen and oxygen atoms in total. The van der Waals surface area contributed by atoms with Crippen molar-refractivity contribution in [2.45, 2.75) is 25.9 Å². The van der Waals surface area contributed by atoms with Gasteiger partial charge in [0.2, 0.25) is 5.88 Å². The van der Waals surface area contributed by atoms with Crippen molar-refractivity contribution in [1.82, 2.24) is 15.1 Å². The Morgan fingerprint density at radius 1 is 1.24 bits per heavy atom. The molecule has 1 unspecified atom stereocenters. The lowest BCUT2D eigenvalue weighted by Crippen LogP contribution is -2.46. The zero-order valence-electron chi connectivity index (χ0n) is 14.4. The summed E-state index contributed by atoms with van der Waals surface area (Å²) >= 11 is 0. The molecule has 0 saturated carbocycles. The van der Waals surface area contributed by atoms with E-state index < -0.39 is 0 Å². The molecule has 0 bridgehead atoms. The molecule has 132 valence electrons. The lowest BCUT2D eigenvalue weighted by molar-refractivity contribution is 0.102. The molecule has 1 aromatic heterocycles. The summed E-state index contributed by atoms with van der Waals surface area (Å²) in [6.07, 6.45) is 1.67. The first-order valence-corrected chi connectivity index (χ1v) is 8.31. The molecule has 7 heteroatoms. The highest BCUT2D eigenvalue weighted by Crippen LogP contribution is 2.24. The summed E-state index contributed by atoms with van der Waals surface area (Å²) in [6.45, 7) is 3.08. The van der Waals surface area contributed by atoms with Crippen molar-refractivity contribution in [2.75, 3.05) is 25.5 Å². The van der Waals surface area contributed by atoms with Crippen LogP contribution in [0.15, 0.2) is 36.4 Å². The van der Waals surface area contributed by atoms with Gasteiger partial charge in [-0.2, -0.15) is 5.10 Å². The van der Waals surface area contributed by atoms with E-state index in [1.165, 1.54) is 0 Å². The van der Waals surface area contributed by atoms with Crippen LogP contribution in [0.3, 0.4) is 0 Å². The van der Waals surface area contributed by atoms with Crippen LogP contribution in [0.2, 0.25) is 0 Å². The van der Waals surface area contributed by atoms with Gasteiger partial charge in [-0.3, -0.25) is 0 Å². The van der Waals surface area contributed by atoms with Gasteiger partial charge in [-0.25, -0.2) is 4.79 Å². The van der Waals surface area contributed by atoms with Gasteiger partial charge >= 0.3 is 6.03 Å². The minimum Gasteiger partial charge on any atom is -0.495 e. The molecule has 2 amide bonds. The van der Waals surface area contributed by atoms with Gasteiger partial charge in [-0.1, -0.05) is 12.1 Å². The number of piperidine rings is 1. The van der Waals surface area contributed by atoms with Crippen molar-refractivity contribution in [3.05, 3.63) is 42.1 Å². The second-order valence-electron chi connectivity index (χ2n) is 5.97. The van der Waals surface area contributed by atoms with Gasteiger partial charge in [0.1, 0.15) is 11.9 Å². The highest BCUT2D eigenvalue weighted by atomic mass is 16.5. The molecule has 1 aliphatic rings. The maximum Gasteiger partial charge on any atom is 0.322 e. The van der Waals surface area contributed by atoms with E-state index in [9.17, 15) is 4.79 Å². The van der Waals surface area contributed by atoms with Gasteiger partial charge in [0.25, 0.3) is 0 Å². The number of aryl methyl sites for hydroxylation is 1. The van der Waals surface area contributed by atoms with Gasteiger partial charge < -0.3 is 19.7 Å². The van der Waals surface area contributed by atoms with Crippen molar-refractivity contribution < 1.29 is 14.3 Å². The van der Waals surface area contributed by atoms with E-state index in [2.05, 4.69) is 15.5 Å². The number of nitrogens with one attached hydrogen (secondary N) is 1. The first-order valence-electron chi connectivity index (χ1n) is 8.31. The van der Waals surface area contributed by atoms with E-state index in [-0.39, 0.29) is 12.1 Å². The number of aromatic nitrogens is 2. The average molecular weight is 342 g/mol. The average Bonchev–Trinajstić information content (AvgIpc) is 2.64. The van der Waals surface area contributed by atoms with Gasteiger partial charge in [-0.05, 0) is 38.0 Å². The van der Waals surface area contributed by atoms with Crippen LogP contribution in [0.25, 0.3) is 0 Å². The molecule has 1 N–H and O–H groups in total. The Morgan fingerprint density at radius 3 is 2.84 bits per heavy atom. The highest BCUT2D eigenvalue weighted by molar-refractivity contribution is 5.91. The monoisotopic (exact) mass is 342 g/mol. The molecule has 3 rings (SSSR count). The molecule has 1 fully saturated rings. The number of methoxy groups -OCH3 is 1. The smallest absolute Gasteiger partial charge is 0.322 e. The van der Waals surface area contributed by atoms with Crippen LogP contribution < -0.4 is 14.8 Å². The van der Waals surface area contributed by atoms with E-state index in [0.717, 1.165) is 18.5 Å². The maximum absolute atomic E-state index is 12.6. The Balaban J connectivity index is 1.60. The number of hydrogen-bond donors (Lipinski definition) is 1. The predicted octanol–water partition coefficient (Wildman–Crippen LogP) is 2.87.